The highest BCUT2D eigenvalue weighted by Crippen LogP contribution is 2.32. The summed E-state index contributed by atoms with van der Waals surface area (Å²) in [7, 11) is 0. The molecular weight excluding hydrogens is 518 g/mol. The molecule has 0 aliphatic carbocycles. The molecule has 7 nitrogen and oxygen atoms in total. The number of ether oxygens (including phenoxy) is 1. The molecule has 4 rings (SSSR count). The number of carboxylic acid groups (broad SMARTS) is 1. The predicted molar refractivity (Wildman–Crippen MR) is 139 cm³/mol. The summed E-state index contributed by atoms with van der Waals surface area (Å²) in [5.74, 6) is -2.68. The molecule has 0 spiro atoms. The van der Waals surface area contributed by atoms with Crippen molar-refractivity contribution in [2.45, 2.75) is 19.0 Å². The van der Waals surface area contributed by atoms with Crippen LogP contribution in [0.5, 0.6) is 5.75 Å². The van der Waals surface area contributed by atoms with E-state index in [0.717, 1.165) is 5.56 Å². The smallest absolute Gasteiger partial charge is 0.387 e. The van der Waals surface area contributed by atoms with Crippen molar-refractivity contribution in [1.82, 2.24) is 4.98 Å². The highest BCUT2D eigenvalue weighted by molar-refractivity contribution is 6.31. The van der Waals surface area contributed by atoms with Gasteiger partial charge in [-0.25, -0.2) is 4.79 Å². The van der Waals surface area contributed by atoms with Gasteiger partial charge in [0.05, 0.1) is 17.2 Å². The van der Waals surface area contributed by atoms with Gasteiger partial charge in [-0.1, -0.05) is 41.9 Å². The Morgan fingerprint density at radius 2 is 1.71 bits per heavy atom. The van der Waals surface area contributed by atoms with Crippen molar-refractivity contribution in [1.29, 1.82) is 0 Å². The predicted octanol–water partition coefficient (Wildman–Crippen LogP) is 5.96. The van der Waals surface area contributed by atoms with E-state index < -0.39 is 29.8 Å². The Balaban J connectivity index is 1.69. The summed E-state index contributed by atoms with van der Waals surface area (Å²) in [6.45, 7) is -3.08. The topological polar surface area (TPSA) is 108 Å². The third-order valence-electron chi connectivity index (χ3n) is 5.76. The monoisotopic (exact) mass is 538 g/mol. The number of aromatic nitrogens is 1. The number of hydrogen-bond acceptors (Lipinski definition) is 4. The van der Waals surface area contributed by atoms with Crippen molar-refractivity contribution in [3.63, 3.8) is 0 Å². The molecule has 0 saturated carbocycles. The summed E-state index contributed by atoms with van der Waals surface area (Å²) < 4.78 is 30.4. The Morgan fingerprint density at radius 1 is 1.00 bits per heavy atom. The average molecular weight is 539 g/mol. The number of anilines is 1. The number of benzene rings is 3. The lowest BCUT2D eigenvalue weighted by atomic mass is 9.91. The second kappa shape index (κ2) is 11.7. The van der Waals surface area contributed by atoms with Crippen molar-refractivity contribution in [2.24, 2.45) is 0 Å². The first-order chi connectivity index (χ1) is 18.2. The Morgan fingerprint density at radius 3 is 2.34 bits per heavy atom. The molecule has 1 heterocycles. The number of rotatable bonds is 9. The largest absolute Gasteiger partial charge is 0.478 e. The van der Waals surface area contributed by atoms with E-state index in [1.165, 1.54) is 54.7 Å². The second-order valence-corrected chi connectivity index (χ2v) is 8.74. The van der Waals surface area contributed by atoms with E-state index in [0.29, 0.717) is 5.69 Å². The highest BCUT2D eigenvalue weighted by atomic mass is 35.5. The van der Waals surface area contributed by atoms with Crippen LogP contribution in [0.4, 0.5) is 14.5 Å². The molecule has 0 saturated heterocycles. The van der Waals surface area contributed by atoms with Gasteiger partial charge in [0.1, 0.15) is 5.75 Å². The molecule has 0 bridgehead atoms. The number of pyridine rings is 1. The number of carbonyl (C=O) groups is 2. The number of halogens is 3. The van der Waals surface area contributed by atoms with Gasteiger partial charge in [-0.05, 0) is 54.4 Å². The number of amides is 1. The molecule has 194 valence electrons. The number of aromatic amines is 1. The molecule has 0 unspecified atom stereocenters. The summed E-state index contributed by atoms with van der Waals surface area (Å²) in [4.78, 5) is 40.6. The van der Waals surface area contributed by atoms with E-state index in [4.69, 9.17) is 16.7 Å². The van der Waals surface area contributed by atoms with Gasteiger partial charge in [-0.2, -0.15) is 8.78 Å². The van der Waals surface area contributed by atoms with Gasteiger partial charge in [0.25, 0.3) is 0 Å². The average Bonchev–Trinajstić information content (AvgIpc) is 2.89. The van der Waals surface area contributed by atoms with Gasteiger partial charge < -0.3 is 20.1 Å². The van der Waals surface area contributed by atoms with Crippen LogP contribution in [0.1, 0.15) is 27.4 Å². The third-order valence-corrected chi connectivity index (χ3v) is 6.00. The Kier molecular flexibility index (Phi) is 8.18. The van der Waals surface area contributed by atoms with Crippen LogP contribution in [0.25, 0.3) is 11.3 Å². The maximum atomic E-state index is 13.4. The molecule has 0 radical (unpaired) electrons. The highest BCUT2D eigenvalue weighted by Gasteiger charge is 2.25. The van der Waals surface area contributed by atoms with Crippen molar-refractivity contribution in [2.75, 3.05) is 5.32 Å². The van der Waals surface area contributed by atoms with Crippen LogP contribution < -0.4 is 15.5 Å². The molecule has 1 aromatic heterocycles. The molecule has 3 N–H and O–H groups in total. The quantitative estimate of drug-likeness (QED) is 0.244. The van der Waals surface area contributed by atoms with E-state index in [9.17, 15) is 23.2 Å². The molecule has 1 atom stereocenters. The maximum Gasteiger partial charge on any atom is 0.387 e. The lowest BCUT2D eigenvalue weighted by Crippen LogP contribution is -2.27. The number of H-pyrrole nitrogens is 1. The van der Waals surface area contributed by atoms with Gasteiger partial charge >= 0.3 is 12.6 Å². The fourth-order valence-electron chi connectivity index (χ4n) is 3.94. The molecule has 38 heavy (non-hydrogen) atoms. The summed E-state index contributed by atoms with van der Waals surface area (Å²) in [5.41, 5.74) is 1.21. The maximum absolute atomic E-state index is 13.4. The minimum atomic E-state index is -3.08. The molecule has 1 amide bonds. The van der Waals surface area contributed by atoms with Crippen LogP contribution in [0, 0.1) is 0 Å². The van der Waals surface area contributed by atoms with E-state index in [2.05, 4.69) is 15.0 Å². The first-order valence-corrected chi connectivity index (χ1v) is 11.7. The summed E-state index contributed by atoms with van der Waals surface area (Å²) in [6, 6.07) is 20.0. The molecule has 10 heteroatoms. The number of nitrogens with one attached hydrogen (secondary N) is 2. The Hall–Kier alpha value is -4.50. The van der Waals surface area contributed by atoms with E-state index >= 15 is 0 Å². The van der Waals surface area contributed by atoms with Gasteiger partial charge in [-0.15, -0.1) is 0 Å². The van der Waals surface area contributed by atoms with Crippen LogP contribution in [0.15, 0.2) is 89.9 Å². The Bertz CT molecular complexity index is 1510. The van der Waals surface area contributed by atoms with Crippen LogP contribution in [-0.4, -0.2) is 28.6 Å². The third kappa shape index (κ3) is 6.43. The van der Waals surface area contributed by atoms with Crippen LogP contribution in [-0.2, 0) is 11.2 Å². The van der Waals surface area contributed by atoms with Crippen LogP contribution in [0.2, 0.25) is 5.02 Å². The number of aromatic carboxylic acids is 1. The lowest BCUT2D eigenvalue weighted by molar-refractivity contribution is -0.117. The second-order valence-electron chi connectivity index (χ2n) is 8.30. The Labute approximate surface area is 220 Å². The summed E-state index contributed by atoms with van der Waals surface area (Å²) in [5, 5.41) is 12.1. The molecule has 0 aliphatic heterocycles. The normalized spacial score (nSPS) is 11.7. The van der Waals surface area contributed by atoms with E-state index in [1.54, 1.807) is 0 Å². The van der Waals surface area contributed by atoms with Crippen molar-refractivity contribution in [3.8, 4) is 17.0 Å². The summed E-state index contributed by atoms with van der Waals surface area (Å²) in [6.07, 6.45) is 1.56. The molecule has 4 aromatic rings. The zero-order valence-corrected chi connectivity index (χ0v) is 20.4. The zero-order valence-electron chi connectivity index (χ0n) is 19.7. The molecule has 0 aliphatic rings. The molecular formula is C28H21ClF2N2O5. The number of alkyl halides is 2. The lowest BCUT2D eigenvalue weighted by Gasteiger charge is -2.18. The van der Waals surface area contributed by atoms with Crippen LogP contribution in [0.3, 0.4) is 0 Å². The van der Waals surface area contributed by atoms with Gasteiger partial charge in [0.15, 0.2) is 5.43 Å². The minimum Gasteiger partial charge on any atom is -0.478 e. The molecule has 3 aromatic carbocycles. The SMILES string of the molecule is O=C(O)c1ccc(NC(=O)[C@H](Cc2ccccc2)c2c[nH]c(-c3cc(Cl)ccc3OC(F)F)cc2=O)cc1. The zero-order chi connectivity index (χ0) is 27.2. The fraction of sp³-hybridized carbons (Fsp3) is 0.107. The summed E-state index contributed by atoms with van der Waals surface area (Å²) >= 11 is 6.04. The minimum absolute atomic E-state index is 0.0621. The fourth-order valence-corrected chi connectivity index (χ4v) is 4.11. The van der Waals surface area contributed by atoms with Crippen molar-refractivity contribution < 1.29 is 28.2 Å². The first-order valence-electron chi connectivity index (χ1n) is 11.4. The van der Waals surface area contributed by atoms with Crippen molar-refractivity contribution in [3.05, 3.63) is 117 Å². The van der Waals surface area contributed by atoms with Gasteiger partial charge in [-0.3, -0.25) is 9.59 Å². The van der Waals surface area contributed by atoms with Crippen molar-refractivity contribution >= 4 is 29.2 Å². The number of hydrogen-bond donors (Lipinski definition) is 3. The van der Waals surface area contributed by atoms with E-state index in [1.807, 2.05) is 30.3 Å². The number of carbonyl (C=O) groups excluding carboxylic acids is 1. The first kappa shape index (κ1) is 26.6. The molecule has 0 fully saturated rings. The van der Waals surface area contributed by atoms with E-state index in [-0.39, 0.29) is 39.6 Å². The number of carboxylic acids is 1. The van der Waals surface area contributed by atoms with Gasteiger partial charge in [0, 0.05) is 34.1 Å². The van der Waals surface area contributed by atoms with Gasteiger partial charge in [0.2, 0.25) is 5.91 Å². The van der Waals surface area contributed by atoms with Crippen LogP contribution >= 0.6 is 11.6 Å². The standard InChI is InChI=1S/C28H21ClF2N2O5/c29-18-8-11-25(38-28(30)31)21(13-18)23-14-24(34)22(15-32-23)20(12-16-4-2-1-3-5-16)26(35)33-19-9-6-17(7-10-19)27(36)37/h1-11,13-15,20,28H,12H2,(H,32,34)(H,33,35)(H,36,37)/t20-/m1/s1.